The molecule has 0 spiro atoms. The number of rotatable bonds is 2. The fourth-order valence-electron chi connectivity index (χ4n) is 1.28. The number of hydrogen-bond acceptors (Lipinski definition) is 3. The van der Waals surface area contributed by atoms with E-state index in [2.05, 4.69) is 15.2 Å². The zero-order chi connectivity index (χ0) is 9.97. The summed E-state index contributed by atoms with van der Waals surface area (Å²) in [4.78, 5) is 4.12. The Kier molecular flexibility index (Phi) is 2.28. The quantitative estimate of drug-likeness (QED) is 0.747. The molecule has 14 heavy (non-hydrogen) atoms. The highest BCUT2D eigenvalue weighted by Gasteiger charge is 2.04. The molecule has 0 aliphatic heterocycles. The molecule has 0 radical (unpaired) electrons. The number of aryl methyl sites for hydroxylation is 1. The highest BCUT2D eigenvalue weighted by atomic mass is 16.3. The summed E-state index contributed by atoms with van der Waals surface area (Å²) in [6.45, 7) is 1.90. The SMILES string of the molecule is Cc1cccc(-c2n[nH]c(CO)n2)c1. The van der Waals surface area contributed by atoms with Crippen LogP contribution in [0.15, 0.2) is 24.3 Å². The van der Waals surface area contributed by atoms with Gasteiger partial charge in [-0.15, -0.1) is 0 Å². The van der Waals surface area contributed by atoms with Crippen molar-refractivity contribution >= 4 is 0 Å². The van der Waals surface area contributed by atoms with E-state index in [1.54, 1.807) is 0 Å². The van der Waals surface area contributed by atoms with E-state index >= 15 is 0 Å². The Balaban J connectivity index is 2.39. The number of aromatic amines is 1. The second-order valence-electron chi connectivity index (χ2n) is 3.13. The fraction of sp³-hybridized carbons (Fsp3) is 0.200. The Hall–Kier alpha value is -1.68. The molecular formula is C10H11N3O. The smallest absolute Gasteiger partial charge is 0.181 e. The summed E-state index contributed by atoms with van der Waals surface area (Å²) in [5.41, 5.74) is 2.12. The van der Waals surface area contributed by atoms with Gasteiger partial charge in [0.25, 0.3) is 0 Å². The molecule has 4 nitrogen and oxygen atoms in total. The molecule has 1 aromatic heterocycles. The molecule has 1 heterocycles. The molecule has 0 unspecified atom stereocenters. The van der Waals surface area contributed by atoms with Gasteiger partial charge in [-0.25, -0.2) is 4.98 Å². The summed E-state index contributed by atoms with van der Waals surface area (Å²) < 4.78 is 0. The van der Waals surface area contributed by atoms with Gasteiger partial charge >= 0.3 is 0 Å². The molecule has 0 atom stereocenters. The third-order valence-electron chi connectivity index (χ3n) is 1.96. The van der Waals surface area contributed by atoms with Crippen LogP contribution in [0.2, 0.25) is 0 Å². The lowest BCUT2D eigenvalue weighted by atomic mass is 10.1. The van der Waals surface area contributed by atoms with E-state index in [9.17, 15) is 0 Å². The number of aromatic nitrogens is 3. The maximum Gasteiger partial charge on any atom is 0.181 e. The average molecular weight is 189 g/mol. The topological polar surface area (TPSA) is 61.8 Å². The van der Waals surface area contributed by atoms with E-state index in [1.807, 2.05) is 31.2 Å². The predicted molar refractivity (Wildman–Crippen MR) is 52.5 cm³/mol. The normalized spacial score (nSPS) is 10.4. The molecule has 4 heteroatoms. The molecule has 72 valence electrons. The second kappa shape index (κ2) is 3.59. The van der Waals surface area contributed by atoms with Crippen molar-refractivity contribution in [3.8, 4) is 11.4 Å². The van der Waals surface area contributed by atoms with Crippen LogP contribution in [0.1, 0.15) is 11.4 Å². The van der Waals surface area contributed by atoms with Crippen LogP contribution in [-0.4, -0.2) is 20.3 Å². The van der Waals surface area contributed by atoms with Crippen molar-refractivity contribution in [1.29, 1.82) is 0 Å². The second-order valence-corrected chi connectivity index (χ2v) is 3.13. The summed E-state index contributed by atoms with van der Waals surface area (Å²) in [5, 5.41) is 15.5. The first-order valence-electron chi connectivity index (χ1n) is 4.39. The minimum absolute atomic E-state index is 0.112. The van der Waals surface area contributed by atoms with Crippen LogP contribution in [0.25, 0.3) is 11.4 Å². The number of H-pyrrole nitrogens is 1. The van der Waals surface area contributed by atoms with E-state index in [-0.39, 0.29) is 6.61 Å². The Labute approximate surface area is 81.6 Å². The van der Waals surface area contributed by atoms with Crippen LogP contribution < -0.4 is 0 Å². The zero-order valence-electron chi connectivity index (χ0n) is 7.86. The van der Waals surface area contributed by atoms with E-state index in [0.717, 1.165) is 11.1 Å². The van der Waals surface area contributed by atoms with Gasteiger partial charge in [0.2, 0.25) is 0 Å². The summed E-state index contributed by atoms with van der Waals surface area (Å²) in [7, 11) is 0. The largest absolute Gasteiger partial charge is 0.388 e. The van der Waals surface area contributed by atoms with Crippen LogP contribution in [0.3, 0.4) is 0 Å². The van der Waals surface area contributed by atoms with E-state index in [4.69, 9.17) is 5.11 Å². The zero-order valence-corrected chi connectivity index (χ0v) is 7.86. The number of hydrogen-bond donors (Lipinski definition) is 2. The first-order chi connectivity index (χ1) is 6.79. The first kappa shape index (κ1) is 8.90. The predicted octanol–water partition coefficient (Wildman–Crippen LogP) is 1.27. The monoisotopic (exact) mass is 189 g/mol. The van der Waals surface area contributed by atoms with Gasteiger partial charge in [-0.3, -0.25) is 5.10 Å². The minimum Gasteiger partial charge on any atom is -0.388 e. The molecule has 1 aromatic carbocycles. The Bertz CT molecular complexity index is 436. The highest BCUT2D eigenvalue weighted by Crippen LogP contribution is 2.15. The van der Waals surface area contributed by atoms with Gasteiger partial charge in [0.1, 0.15) is 6.61 Å². The number of aliphatic hydroxyl groups is 1. The van der Waals surface area contributed by atoms with Crippen molar-refractivity contribution in [2.45, 2.75) is 13.5 Å². The summed E-state index contributed by atoms with van der Waals surface area (Å²) in [5.74, 6) is 1.11. The molecule has 0 saturated heterocycles. The summed E-state index contributed by atoms with van der Waals surface area (Å²) >= 11 is 0. The molecule has 2 aromatic rings. The van der Waals surface area contributed by atoms with Gasteiger partial charge in [0.05, 0.1) is 0 Å². The number of nitrogens with zero attached hydrogens (tertiary/aromatic N) is 2. The molecular weight excluding hydrogens is 178 g/mol. The molecule has 0 aliphatic carbocycles. The summed E-state index contributed by atoms with van der Waals surface area (Å²) in [6, 6.07) is 7.92. The molecule has 0 fully saturated rings. The van der Waals surface area contributed by atoms with Crippen molar-refractivity contribution in [2.24, 2.45) is 0 Å². The lowest BCUT2D eigenvalue weighted by Crippen LogP contribution is -1.85. The van der Waals surface area contributed by atoms with Crippen molar-refractivity contribution in [3.63, 3.8) is 0 Å². The van der Waals surface area contributed by atoms with Crippen LogP contribution in [0, 0.1) is 6.92 Å². The van der Waals surface area contributed by atoms with Crippen LogP contribution in [0.4, 0.5) is 0 Å². The van der Waals surface area contributed by atoms with Crippen LogP contribution in [0.5, 0.6) is 0 Å². The molecule has 0 bridgehead atoms. The molecule has 0 amide bonds. The van der Waals surface area contributed by atoms with E-state index in [1.165, 1.54) is 0 Å². The van der Waals surface area contributed by atoms with Gasteiger partial charge < -0.3 is 5.11 Å². The minimum atomic E-state index is -0.112. The van der Waals surface area contributed by atoms with E-state index < -0.39 is 0 Å². The highest BCUT2D eigenvalue weighted by molar-refractivity contribution is 5.55. The number of aliphatic hydroxyl groups excluding tert-OH is 1. The van der Waals surface area contributed by atoms with Crippen molar-refractivity contribution in [3.05, 3.63) is 35.7 Å². The lowest BCUT2D eigenvalue weighted by molar-refractivity contribution is 0.272. The van der Waals surface area contributed by atoms with Crippen LogP contribution >= 0.6 is 0 Å². The van der Waals surface area contributed by atoms with Gasteiger partial charge in [0, 0.05) is 5.56 Å². The summed E-state index contributed by atoms with van der Waals surface area (Å²) in [6.07, 6.45) is 0. The van der Waals surface area contributed by atoms with Crippen molar-refractivity contribution in [2.75, 3.05) is 0 Å². The maximum absolute atomic E-state index is 8.82. The third kappa shape index (κ3) is 1.65. The molecule has 0 aliphatic rings. The molecule has 2 N–H and O–H groups in total. The van der Waals surface area contributed by atoms with Gasteiger partial charge in [-0.05, 0) is 13.0 Å². The lowest BCUT2D eigenvalue weighted by Gasteiger charge is -1.95. The van der Waals surface area contributed by atoms with Gasteiger partial charge in [-0.1, -0.05) is 23.8 Å². The number of nitrogens with one attached hydrogen (secondary N) is 1. The van der Waals surface area contributed by atoms with Crippen molar-refractivity contribution < 1.29 is 5.11 Å². The Morgan fingerprint density at radius 1 is 1.43 bits per heavy atom. The standard InChI is InChI=1S/C10H11N3O/c1-7-3-2-4-8(5-7)10-11-9(6-14)12-13-10/h2-5,14H,6H2,1H3,(H,11,12,13). The Morgan fingerprint density at radius 2 is 2.29 bits per heavy atom. The van der Waals surface area contributed by atoms with Gasteiger partial charge in [-0.2, -0.15) is 5.10 Å². The van der Waals surface area contributed by atoms with E-state index in [0.29, 0.717) is 11.6 Å². The number of benzene rings is 1. The van der Waals surface area contributed by atoms with Crippen molar-refractivity contribution in [1.82, 2.24) is 15.2 Å². The fourth-order valence-corrected chi connectivity index (χ4v) is 1.28. The average Bonchev–Trinajstić information content (AvgIpc) is 2.66. The maximum atomic E-state index is 8.82. The molecule has 2 rings (SSSR count). The Morgan fingerprint density at radius 3 is 2.93 bits per heavy atom. The molecule has 0 saturated carbocycles. The first-order valence-corrected chi connectivity index (χ1v) is 4.39. The van der Waals surface area contributed by atoms with Crippen LogP contribution in [-0.2, 0) is 6.61 Å². The van der Waals surface area contributed by atoms with Gasteiger partial charge in [0.15, 0.2) is 11.6 Å². The third-order valence-corrected chi connectivity index (χ3v) is 1.96.